The summed E-state index contributed by atoms with van der Waals surface area (Å²) in [6.45, 7) is 0. The van der Waals surface area contributed by atoms with Crippen LogP contribution < -0.4 is 9.80 Å². The van der Waals surface area contributed by atoms with Gasteiger partial charge < -0.3 is 18.9 Å². The summed E-state index contributed by atoms with van der Waals surface area (Å²) in [6.07, 6.45) is 0. The molecule has 632 valence electrons. The van der Waals surface area contributed by atoms with Crippen molar-refractivity contribution < 1.29 is 0 Å². The van der Waals surface area contributed by atoms with Crippen molar-refractivity contribution in [3.63, 3.8) is 0 Å². The quantitative estimate of drug-likeness (QED) is 0.0897. The van der Waals surface area contributed by atoms with Gasteiger partial charge in [-0.25, -0.2) is 0 Å². The van der Waals surface area contributed by atoms with Gasteiger partial charge in [0.05, 0.1) is 27.5 Å². The van der Waals surface area contributed by atoms with Gasteiger partial charge in [0.1, 0.15) is 0 Å². The summed E-state index contributed by atoms with van der Waals surface area (Å²) in [5.74, 6) is 0. The Labute approximate surface area is 785 Å². The average Bonchev–Trinajstić information content (AvgIpc) is 1.53. The largest absolute Gasteiger partial charge is 0.310 e. The molecule has 135 heavy (non-hydrogen) atoms. The van der Waals surface area contributed by atoms with E-state index in [-0.39, 0.29) is 0 Å². The van der Waals surface area contributed by atoms with Gasteiger partial charge in [-0.1, -0.05) is 394 Å². The van der Waals surface area contributed by atoms with E-state index in [9.17, 15) is 0 Å². The van der Waals surface area contributed by atoms with Crippen molar-refractivity contribution in [2.45, 2.75) is 5.41 Å². The zero-order valence-corrected chi connectivity index (χ0v) is 74.1. The van der Waals surface area contributed by atoms with Gasteiger partial charge in [-0.2, -0.15) is 0 Å². The number of para-hydroxylation sites is 6. The molecule has 0 saturated carbocycles. The Balaban J connectivity index is 0.000000150. The van der Waals surface area contributed by atoms with Crippen LogP contribution in [0.1, 0.15) is 22.3 Å². The lowest BCUT2D eigenvalue weighted by molar-refractivity contribution is 0.768. The summed E-state index contributed by atoms with van der Waals surface area (Å²) < 4.78 is 4.76. The van der Waals surface area contributed by atoms with E-state index >= 15 is 0 Å². The highest BCUT2D eigenvalue weighted by Gasteiger charge is 2.47. The molecule has 26 rings (SSSR count). The molecule has 0 aliphatic heterocycles. The van der Waals surface area contributed by atoms with Crippen LogP contribution in [0.25, 0.3) is 176 Å². The van der Waals surface area contributed by atoms with Crippen LogP contribution in [-0.2, 0) is 5.41 Å². The third-order valence-corrected chi connectivity index (χ3v) is 27.8. The van der Waals surface area contributed by atoms with Gasteiger partial charge in [0.2, 0.25) is 0 Å². The normalized spacial score (nSPS) is 12.1. The first-order chi connectivity index (χ1) is 67.0. The fraction of sp³-hybridized carbons (Fsp3) is 0.00763. The number of hydrogen-bond acceptors (Lipinski definition) is 2. The van der Waals surface area contributed by atoms with Gasteiger partial charge in [0, 0.05) is 67.0 Å². The molecule has 0 saturated heterocycles. The zero-order chi connectivity index (χ0) is 89.3. The van der Waals surface area contributed by atoms with Crippen molar-refractivity contribution in [1.82, 2.24) is 9.13 Å². The van der Waals surface area contributed by atoms with E-state index in [1.807, 2.05) is 0 Å². The fourth-order valence-electron chi connectivity index (χ4n) is 21.9. The van der Waals surface area contributed by atoms with Crippen LogP contribution in [0.2, 0.25) is 0 Å². The monoisotopic (exact) mass is 1720 g/mol. The highest BCUT2D eigenvalue weighted by atomic mass is 15.1. The molecule has 25 aromatic rings. The lowest BCUT2D eigenvalue weighted by atomic mass is 9.67. The molecule has 1 aliphatic carbocycles. The fourth-order valence-corrected chi connectivity index (χ4v) is 21.9. The molecular formula is C131H88N4. The molecule has 0 amide bonds. The van der Waals surface area contributed by atoms with E-state index in [1.165, 1.54) is 193 Å². The van der Waals surface area contributed by atoms with Crippen LogP contribution in [-0.4, -0.2) is 9.13 Å². The number of rotatable bonds is 16. The molecular weight excluding hydrogens is 1630 g/mol. The molecule has 0 atom stereocenters. The molecule has 1 aliphatic rings. The number of anilines is 6. The van der Waals surface area contributed by atoms with Gasteiger partial charge in [0.25, 0.3) is 0 Å². The van der Waals surface area contributed by atoms with Crippen LogP contribution in [0.3, 0.4) is 0 Å². The number of aromatic nitrogens is 2. The topological polar surface area (TPSA) is 16.3 Å². The maximum Gasteiger partial charge on any atom is 0.0714 e. The van der Waals surface area contributed by atoms with E-state index in [4.69, 9.17) is 0 Å². The van der Waals surface area contributed by atoms with E-state index < -0.39 is 5.41 Å². The van der Waals surface area contributed by atoms with E-state index in [0.717, 1.165) is 39.8 Å². The predicted molar refractivity (Wildman–Crippen MR) is 571 cm³/mol. The van der Waals surface area contributed by atoms with Crippen LogP contribution >= 0.6 is 0 Å². The van der Waals surface area contributed by atoms with Gasteiger partial charge in [0.15, 0.2) is 0 Å². The number of hydrogen-bond donors (Lipinski definition) is 0. The van der Waals surface area contributed by atoms with Crippen LogP contribution in [0.5, 0.6) is 0 Å². The second-order valence-electron chi connectivity index (χ2n) is 35.2. The third-order valence-electron chi connectivity index (χ3n) is 27.8. The first-order valence-corrected chi connectivity index (χ1v) is 46.6. The van der Waals surface area contributed by atoms with Crippen LogP contribution in [0.4, 0.5) is 34.1 Å². The lowest BCUT2D eigenvalue weighted by Gasteiger charge is -2.35. The summed E-state index contributed by atoms with van der Waals surface area (Å²) in [5.41, 5.74) is 35.2. The first-order valence-electron chi connectivity index (χ1n) is 46.6. The van der Waals surface area contributed by atoms with Gasteiger partial charge in [-0.3, -0.25) is 0 Å². The highest BCUT2D eigenvalue weighted by molar-refractivity contribution is 6.23. The average molecular weight is 1720 g/mol. The minimum atomic E-state index is -0.632. The minimum Gasteiger partial charge on any atom is -0.310 e. The Bertz CT molecular complexity index is 8650. The Hall–Kier alpha value is -17.7. The van der Waals surface area contributed by atoms with Crippen molar-refractivity contribution in [2.75, 3.05) is 9.80 Å². The first kappa shape index (κ1) is 79.5. The van der Waals surface area contributed by atoms with E-state index in [2.05, 4.69) is 553 Å². The number of nitrogens with zero attached hydrogens (tertiary/aromatic N) is 4. The minimum absolute atomic E-state index is 0.632. The smallest absolute Gasteiger partial charge is 0.0714 e. The van der Waals surface area contributed by atoms with Gasteiger partial charge in [-0.15, -0.1) is 0 Å². The summed E-state index contributed by atoms with van der Waals surface area (Å²) >= 11 is 0. The lowest BCUT2D eigenvalue weighted by Crippen LogP contribution is -2.28. The highest BCUT2D eigenvalue weighted by Crippen LogP contribution is 2.59. The molecule has 0 spiro atoms. The van der Waals surface area contributed by atoms with Crippen molar-refractivity contribution in [3.8, 4) is 89.3 Å². The van der Waals surface area contributed by atoms with Crippen LogP contribution in [0, 0.1) is 0 Å². The van der Waals surface area contributed by atoms with E-state index in [1.54, 1.807) is 0 Å². The molecule has 0 N–H and O–H groups in total. The van der Waals surface area contributed by atoms with Gasteiger partial charge >= 0.3 is 0 Å². The summed E-state index contributed by atoms with van der Waals surface area (Å²) in [7, 11) is 0. The Kier molecular flexibility index (Phi) is 19.8. The van der Waals surface area contributed by atoms with Gasteiger partial charge in [-0.05, 0) is 283 Å². The second kappa shape index (κ2) is 33.7. The summed E-state index contributed by atoms with van der Waals surface area (Å²) in [5, 5.41) is 15.0. The summed E-state index contributed by atoms with van der Waals surface area (Å²) in [4.78, 5) is 4.79. The molecule has 2 heterocycles. The van der Waals surface area contributed by atoms with Crippen LogP contribution in [0.15, 0.2) is 534 Å². The third kappa shape index (κ3) is 13.6. The summed E-state index contributed by atoms with van der Waals surface area (Å²) in [6, 6.07) is 195. The van der Waals surface area contributed by atoms with Crippen molar-refractivity contribution in [1.29, 1.82) is 0 Å². The molecule has 0 bridgehead atoms. The molecule has 0 unspecified atom stereocenters. The molecule has 23 aromatic carbocycles. The van der Waals surface area contributed by atoms with Crippen molar-refractivity contribution in [3.05, 3.63) is 556 Å². The molecule has 4 heteroatoms. The second-order valence-corrected chi connectivity index (χ2v) is 35.2. The zero-order valence-electron chi connectivity index (χ0n) is 74.1. The van der Waals surface area contributed by atoms with Crippen molar-refractivity contribution >= 4 is 121 Å². The number of fused-ring (bicyclic) bond motifs is 13. The maximum absolute atomic E-state index is 2.49. The molecule has 0 fully saturated rings. The Morgan fingerprint density at radius 3 is 0.778 bits per heavy atom. The molecule has 0 radical (unpaired) electrons. The Morgan fingerprint density at radius 1 is 0.148 bits per heavy atom. The molecule has 2 aromatic heterocycles. The standard InChI is InChI=1S/C75H50N2.C56H38N2/c1-6-22-51(23-7-1)73-64-33-16-18-35-66(64)74(67-36-19-17-34-65(67)73)52-38-42-59(43-39-52)76(57-28-12-4-13-29-57)60-44-46-62-61-45-40-54(49-69(61)75(70(62)50-60,55-24-8-2-9-25-55)56-26-10-3-11-27-56)53-41-47-72-68(48-53)63-32-20-21-37-71(63)77(72)58-30-14-5-15-31-58;1-4-17-39(18-5-1)55-48-26-10-12-28-50(48)56(51-29-13-11-27-49(51)55)40-31-34-45(35-32-40)57(43-20-6-2-7-21-43)46-24-16-19-41(37-46)42-33-36-54-52(38-42)47-25-14-15-30-53(47)58(54)44-22-8-3-9-23-44/h1-50H;1-38H. The van der Waals surface area contributed by atoms with E-state index in [0.29, 0.717) is 0 Å². The SMILES string of the molecule is c1ccc(-c2c3ccccc3c(-c3ccc(N(c4ccccc4)c4ccc5c(c4)C(c4ccccc4)(c4ccccc4)c4cc(-c6ccc7c(c6)c6ccccc6n7-c6ccccc6)ccc4-5)cc3)c3ccccc23)cc1.c1ccc(-c2c3ccccc3c(-c3ccc(N(c4ccccc4)c4cccc(-c5ccc6c(c5)c5ccccc5n6-c5ccccc5)c4)cc3)c3ccccc23)cc1. The number of benzene rings is 23. The molecule has 4 nitrogen and oxygen atoms in total. The van der Waals surface area contributed by atoms with Crippen molar-refractivity contribution in [2.24, 2.45) is 0 Å². The Morgan fingerprint density at radius 2 is 0.393 bits per heavy atom. The predicted octanol–water partition coefficient (Wildman–Crippen LogP) is 35.5. The maximum atomic E-state index is 2.49.